The van der Waals surface area contributed by atoms with Crippen LogP contribution in [0.2, 0.25) is 10.0 Å². The quantitative estimate of drug-likeness (QED) is 0.878. The lowest BCUT2D eigenvalue weighted by Gasteiger charge is -2.19. The van der Waals surface area contributed by atoms with Gasteiger partial charge >= 0.3 is 0 Å². The van der Waals surface area contributed by atoms with Crippen molar-refractivity contribution < 1.29 is 8.42 Å². The van der Waals surface area contributed by atoms with Crippen LogP contribution in [0.5, 0.6) is 0 Å². The van der Waals surface area contributed by atoms with Gasteiger partial charge in [-0.2, -0.15) is 0 Å². The van der Waals surface area contributed by atoms with Crippen LogP contribution in [0.25, 0.3) is 0 Å². The fourth-order valence-corrected chi connectivity index (χ4v) is 2.93. The van der Waals surface area contributed by atoms with Gasteiger partial charge in [0.15, 0.2) is 0 Å². The van der Waals surface area contributed by atoms with E-state index in [1.54, 1.807) is 12.1 Å². The summed E-state index contributed by atoms with van der Waals surface area (Å²) in [4.78, 5) is 0. The van der Waals surface area contributed by atoms with E-state index in [0.717, 1.165) is 12.1 Å². The summed E-state index contributed by atoms with van der Waals surface area (Å²) in [6, 6.07) is 5.19. The molecule has 0 amide bonds. The van der Waals surface area contributed by atoms with Crippen LogP contribution in [0.15, 0.2) is 18.2 Å². The molecule has 0 saturated heterocycles. The summed E-state index contributed by atoms with van der Waals surface area (Å²) in [7, 11) is -2.98. The molecule has 0 aliphatic rings. The summed E-state index contributed by atoms with van der Waals surface area (Å²) in [6.07, 6.45) is 1.73. The third-order valence-corrected chi connectivity index (χ3v) is 4.11. The molecule has 0 radical (unpaired) electrons. The van der Waals surface area contributed by atoms with Gasteiger partial charge in [-0.05, 0) is 30.7 Å². The average Bonchev–Trinajstić information content (AvgIpc) is 2.24. The van der Waals surface area contributed by atoms with E-state index in [4.69, 9.17) is 23.2 Å². The maximum atomic E-state index is 11.2. The fraction of sp³-hybridized carbons (Fsp3) is 0.500. The third kappa shape index (κ3) is 5.14. The van der Waals surface area contributed by atoms with Gasteiger partial charge in [-0.3, -0.25) is 0 Å². The Labute approximate surface area is 118 Å². The Morgan fingerprint density at radius 2 is 2.00 bits per heavy atom. The second-order valence-electron chi connectivity index (χ2n) is 4.19. The monoisotopic (exact) mass is 309 g/mol. The topological polar surface area (TPSA) is 46.2 Å². The van der Waals surface area contributed by atoms with Gasteiger partial charge in [0.1, 0.15) is 9.84 Å². The Hall–Kier alpha value is -0.290. The molecule has 6 heteroatoms. The van der Waals surface area contributed by atoms with Crippen molar-refractivity contribution in [3.63, 3.8) is 0 Å². The first kappa shape index (κ1) is 15.8. The first-order valence-electron chi connectivity index (χ1n) is 5.69. The minimum Gasteiger partial charge on any atom is -0.310 e. The average molecular weight is 310 g/mol. The molecule has 18 heavy (non-hydrogen) atoms. The van der Waals surface area contributed by atoms with Gasteiger partial charge < -0.3 is 5.32 Å². The van der Waals surface area contributed by atoms with Crippen molar-refractivity contribution in [2.24, 2.45) is 0 Å². The lowest BCUT2D eigenvalue weighted by molar-refractivity contribution is 0.530. The van der Waals surface area contributed by atoms with Gasteiger partial charge in [-0.25, -0.2) is 8.42 Å². The molecule has 0 fully saturated rings. The minimum absolute atomic E-state index is 0.0745. The molecule has 0 aromatic heterocycles. The normalized spacial score (nSPS) is 13.6. The maximum Gasteiger partial charge on any atom is 0.147 e. The van der Waals surface area contributed by atoms with Crippen molar-refractivity contribution in [2.75, 3.05) is 18.6 Å². The minimum atomic E-state index is -2.98. The molecular weight excluding hydrogens is 293 g/mol. The highest BCUT2D eigenvalue weighted by atomic mass is 35.5. The second-order valence-corrected chi connectivity index (χ2v) is 7.30. The summed E-state index contributed by atoms with van der Waals surface area (Å²) >= 11 is 12.0. The molecule has 0 aliphatic heterocycles. The highest BCUT2D eigenvalue weighted by molar-refractivity contribution is 7.90. The van der Waals surface area contributed by atoms with Crippen molar-refractivity contribution in [3.8, 4) is 0 Å². The summed E-state index contributed by atoms with van der Waals surface area (Å²) in [5.74, 6) is 0.129. The van der Waals surface area contributed by atoms with Crippen LogP contribution in [0, 0.1) is 0 Å². The van der Waals surface area contributed by atoms with Crippen molar-refractivity contribution in [1.29, 1.82) is 0 Å². The standard InChI is InChI=1S/C12H17Cl2NO2S/c1-3-15-12(6-7-18(2,16)17)10-5-4-9(13)8-11(10)14/h4-5,8,12,15H,3,6-7H2,1-2H3. The number of nitrogens with one attached hydrogen (secondary N) is 1. The summed E-state index contributed by atoms with van der Waals surface area (Å²) in [6.45, 7) is 2.71. The van der Waals surface area contributed by atoms with E-state index in [0.29, 0.717) is 16.5 Å². The molecule has 3 nitrogen and oxygen atoms in total. The fourth-order valence-electron chi connectivity index (χ4n) is 1.73. The Morgan fingerprint density at radius 1 is 1.33 bits per heavy atom. The molecule has 0 bridgehead atoms. The van der Waals surface area contributed by atoms with Crippen LogP contribution in [0.3, 0.4) is 0 Å². The summed E-state index contributed by atoms with van der Waals surface area (Å²) in [5, 5.41) is 4.37. The van der Waals surface area contributed by atoms with Gasteiger partial charge in [0.05, 0.1) is 5.75 Å². The first-order chi connectivity index (χ1) is 8.33. The molecule has 102 valence electrons. The molecule has 0 heterocycles. The number of hydrogen-bond acceptors (Lipinski definition) is 3. The van der Waals surface area contributed by atoms with Gasteiger partial charge in [0, 0.05) is 22.3 Å². The highest BCUT2D eigenvalue weighted by Gasteiger charge is 2.16. The van der Waals surface area contributed by atoms with Crippen molar-refractivity contribution in [2.45, 2.75) is 19.4 Å². The van der Waals surface area contributed by atoms with Crippen molar-refractivity contribution in [1.82, 2.24) is 5.32 Å². The smallest absolute Gasteiger partial charge is 0.147 e. The lowest BCUT2D eigenvalue weighted by Crippen LogP contribution is -2.23. The Bertz CT molecular complexity index is 503. The third-order valence-electron chi connectivity index (χ3n) is 2.57. The molecule has 1 aromatic carbocycles. The van der Waals surface area contributed by atoms with E-state index in [9.17, 15) is 8.42 Å². The Morgan fingerprint density at radius 3 is 2.50 bits per heavy atom. The molecule has 1 N–H and O–H groups in total. The number of hydrogen-bond donors (Lipinski definition) is 1. The molecule has 0 saturated carbocycles. The maximum absolute atomic E-state index is 11.2. The molecule has 0 aliphatic carbocycles. The van der Waals surface area contributed by atoms with Crippen LogP contribution in [-0.2, 0) is 9.84 Å². The zero-order valence-corrected chi connectivity index (χ0v) is 12.7. The van der Waals surface area contributed by atoms with E-state index in [1.165, 1.54) is 6.26 Å². The molecule has 1 rings (SSSR count). The van der Waals surface area contributed by atoms with Gasteiger partial charge in [0.2, 0.25) is 0 Å². The Balaban J connectivity index is 2.90. The van der Waals surface area contributed by atoms with Crippen LogP contribution >= 0.6 is 23.2 Å². The van der Waals surface area contributed by atoms with Crippen LogP contribution < -0.4 is 5.32 Å². The highest BCUT2D eigenvalue weighted by Crippen LogP contribution is 2.28. The SMILES string of the molecule is CCNC(CCS(C)(=O)=O)c1ccc(Cl)cc1Cl. The number of sulfone groups is 1. The zero-order valence-electron chi connectivity index (χ0n) is 10.4. The Kier molecular flexibility index (Phi) is 5.92. The predicted molar refractivity (Wildman–Crippen MR) is 77.2 cm³/mol. The number of rotatable bonds is 6. The van der Waals surface area contributed by atoms with E-state index >= 15 is 0 Å². The van der Waals surface area contributed by atoms with Crippen molar-refractivity contribution in [3.05, 3.63) is 33.8 Å². The number of benzene rings is 1. The summed E-state index contributed by atoms with van der Waals surface area (Å²) in [5.41, 5.74) is 0.881. The van der Waals surface area contributed by atoms with Crippen molar-refractivity contribution >= 4 is 33.0 Å². The van der Waals surface area contributed by atoms with Gasteiger partial charge in [-0.1, -0.05) is 36.2 Å². The molecule has 0 spiro atoms. The zero-order chi connectivity index (χ0) is 13.8. The van der Waals surface area contributed by atoms with E-state index < -0.39 is 9.84 Å². The summed E-state index contributed by atoms with van der Waals surface area (Å²) < 4.78 is 22.5. The lowest BCUT2D eigenvalue weighted by atomic mass is 10.0. The number of halogens is 2. The molecule has 1 unspecified atom stereocenters. The molecule has 1 aromatic rings. The van der Waals surface area contributed by atoms with Gasteiger partial charge in [-0.15, -0.1) is 0 Å². The first-order valence-corrected chi connectivity index (χ1v) is 8.51. The largest absolute Gasteiger partial charge is 0.310 e. The van der Waals surface area contributed by atoms with Gasteiger partial charge in [0.25, 0.3) is 0 Å². The van der Waals surface area contributed by atoms with Crippen LogP contribution in [-0.4, -0.2) is 27.0 Å². The van der Waals surface area contributed by atoms with E-state index in [-0.39, 0.29) is 11.8 Å². The van der Waals surface area contributed by atoms with E-state index in [1.807, 2.05) is 13.0 Å². The predicted octanol–water partition coefficient (Wildman–Crippen LogP) is 3.08. The second kappa shape index (κ2) is 6.75. The van der Waals surface area contributed by atoms with Crippen LogP contribution in [0.1, 0.15) is 24.9 Å². The van der Waals surface area contributed by atoms with Crippen LogP contribution in [0.4, 0.5) is 0 Å². The molecular formula is C12H17Cl2NO2S. The molecule has 1 atom stereocenters. The van der Waals surface area contributed by atoms with E-state index in [2.05, 4.69) is 5.32 Å².